The first-order valence-corrected chi connectivity index (χ1v) is 10.8. The van der Waals surface area contributed by atoms with Crippen molar-refractivity contribution in [1.29, 1.82) is 0 Å². The summed E-state index contributed by atoms with van der Waals surface area (Å²) >= 11 is 0. The Hall–Kier alpha value is -3.58. The summed E-state index contributed by atoms with van der Waals surface area (Å²) in [5, 5.41) is 4.44. The quantitative estimate of drug-likeness (QED) is 0.471. The molecule has 4 aromatic rings. The third kappa shape index (κ3) is 3.99. The summed E-state index contributed by atoms with van der Waals surface area (Å²) in [5.74, 6) is 1.97. The molecule has 2 aromatic carbocycles. The Morgan fingerprint density at radius 1 is 0.969 bits per heavy atom. The highest BCUT2D eigenvalue weighted by Gasteiger charge is 2.16. The Kier molecular flexibility index (Phi) is 5.64. The number of benzene rings is 2. The number of hydrogen-bond donors (Lipinski definition) is 2. The summed E-state index contributed by atoms with van der Waals surface area (Å²) in [6, 6.07) is 12.3. The maximum absolute atomic E-state index is 6.07. The fraction of sp³-hybridized carbons (Fsp3) is 0.280. The molecular formula is C25H26N4O3. The molecule has 1 aliphatic heterocycles. The Morgan fingerprint density at radius 2 is 1.81 bits per heavy atom. The highest BCUT2D eigenvalue weighted by molar-refractivity contribution is 5.97. The normalized spacial score (nSPS) is 16.1. The highest BCUT2D eigenvalue weighted by atomic mass is 16.5. The second-order valence-electron chi connectivity index (χ2n) is 7.86. The summed E-state index contributed by atoms with van der Waals surface area (Å²) in [6.07, 6.45) is 7.70. The van der Waals surface area contributed by atoms with E-state index < -0.39 is 0 Å². The minimum Gasteiger partial charge on any atom is -0.493 e. The van der Waals surface area contributed by atoms with Crippen LogP contribution in [-0.4, -0.2) is 48.4 Å². The van der Waals surface area contributed by atoms with Crippen molar-refractivity contribution in [2.24, 2.45) is 0 Å². The van der Waals surface area contributed by atoms with E-state index in [1.54, 1.807) is 26.6 Å². The van der Waals surface area contributed by atoms with Gasteiger partial charge in [0.05, 0.1) is 32.3 Å². The van der Waals surface area contributed by atoms with Crippen LogP contribution in [0.5, 0.6) is 17.4 Å². The largest absolute Gasteiger partial charge is 0.493 e. The molecule has 1 atom stereocenters. The minimum absolute atomic E-state index is 0.132. The average molecular weight is 431 g/mol. The van der Waals surface area contributed by atoms with Crippen molar-refractivity contribution >= 4 is 10.9 Å². The molecule has 7 heteroatoms. The molecule has 0 bridgehead atoms. The molecule has 164 valence electrons. The molecule has 5 rings (SSSR count). The Balaban J connectivity index is 1.49. The summed E-state index contributed by atoms with van der Waals surface area (Å²) in [4.78, 5) is 12.5. The van der Waals surface area contributed by atoms with Crippen molar-refractivity contribution in [1.82, 2.24) is 20.3 Å². The van der Waals surface area contributed by atoms with Gasteiger partial charge >= 0.3 is 0 Å². The van der Waals surface area contributed by atoms with Gasteiger partial charge in [-0.25, -0.2) is 4.98 Å². The molecule has 0 amide bonds. The lowest BCUT2D eigenvalue weighted by molar-refractivity contribution is 0.160. The van der Waals surface area contributed by atoms with Crippen molar-refractivity contribution in [3.63, 3.8) is 0 Å². The number of ether oxygens (including phenoxy) is 3. The molecule has 3 heterocycles. The molecule has 0 unspecified atom stereocenters. The minimum atomic E-state index is 0.132. The lowest BCUT2D eigenvalue weighted by Gasteiger charge is -2.23. The van der Waals surface area contributed by atoms with Crippen LogP contribution in [0.25, 0.3) is 33.3 Å². The Labute approximate surface area is 186 Å². The molecule has 0 saturated carbocycles. The maximum Gasteiger partial charge on any atom is 0.233 e. The van der Waals surface area contributed by atoms with Gasteiger partial charge in [-0.1, -0.05) is 12.1 Å². The van der Waals surface area contributed by atoms with E-state index in [9.17, 15) is 0 Å². The van der Waals surface area contributed by atoms with Gasteiger partial charge in [0.25, 0.3) is 0 Å². The van der Waals surface area contributed by atoms with Crippen LogP contribution in [0.2, 0.25) is 0 Å². The van der Waals surface area contributed by atoms with E-state index in [0.717, 1.165) is 59.2 Å². The van der Waals surface area contributed by atoms with Crippen molar-refractivity contribution in [3.05, 3.63) is 55.0 Å². The van der Waals surface area contributed by atoms with Gasteiger partial charge in [0.1, 0.15) is 6.10 Å². The number of nitrogens with one attached hydrogen (secondary N) is 2. The number of hydrogen-bond acceptors (Lipinski definition) is 6. The van der Waals surface area contributed by atoms with Crippen LogP contribution in [0, 0.1) is 0 Å². The van der Waals surface area contributed by atoms with Gasteiger partial charge in [-0.15, -0.1) is 0 Å². The van der Waals surface area contributed by atoms with Crippen LogP contribution in [0.3, 0.4) is 0 Å². The van der Waals surface area contributed by atoms with Crippen LogP contribution in [0.4, 0.5) is 0 Å². The Morgan fingerprint density at radius 3 is 2.62 bits per heavy atom. The maximum atomic E-state index is 6.07. The molecule has 0 spiro atoms. The van der Waals surface area contributed by atoms with E-state index >= 15 is 0 Å². The predicted octanol–water partition coefficient (Wildman–Crippen LogP) is 4.44. The molecule has 32 heavy (non-hydrogen) atoms. The third-order valence-corrected chi connectivity index (χ3v) is 5.83. The molecule has 0 radical (unpaired) electrons. The third-order valence-electron chi connectivity index (χ3n) is 5.83. The highest BCUT2D eigenvalue weighted by Crippen LogP contribution is 2.35. The number of nitrogens with zero attached hydrogens (tertiary/aromatic N) is 2. The zero-order valence-corrected chi connectivity index (χ0v) is 18.2. The first-order chi connectivity index (χ1) is 15.7. The van der Waals surface area contributed by atoms with Crippen molar-refractivity contribution < 1.29 is 14.2 Å². The predicted molar refractivity (Wildman–Crippen MR) is 124 cm³/mol. The fourth-order valence-corrected chi connectivity index (χ4v) is 4.15. The number of H-pyrrole nitrogens is 1. The van der Waals surface area contributed by atoms with Gasteiger partial charge in [0.15, 0.2) is 11.5 Å². The topological polar surface area (TPSA) is 81.3 Å². The van der Waals surface area contributed by atoms with Gasteiger partial charge in [-0.3, -0.25) is 4.98 Å². The average Bonchev–Trinajstić information content (AvgIpc) is 3.28. The molecule has 2 aromatic heterocycles. The first-order valence-electron chi connectivity index (χ1n) is 10.8. The Bertz CT molecular complexity index is 1230. The molecular weight excluding hydrogens is 404 g/mol. The second-order valence-corrected chi connectivity index (χ2v) is 7.86. The molecule has 1 aliphatic rings. The number of rotatable bonds is 6. The smallest absolute Gasteiger partial charge is 0.233 e. The molecule has 2 N–H and O–H groups in total. The number of piperidine rings is 1. The van der Waals surface area contributed by atoms with Crippen molar-refractivity contribution in [2.45, 2.75) is 18.9 Å². The number of methoxy groups -OCH3 is 2. The van der Waals surface area contributed by atoms with Gasteiger partial charge in [-0.2, -0.15) is 0 Å². The zero-order valence-electron chi connectivity index (χ0n) is 18.2. The van der Waals surface area contributed by atoms with E-state index in [0.29, 0.717) is 17.4 Å². The second kappa shape index (κ2) is 8.88. The SMILES string of the molecule is COc1ccc(-c2ccc3[nH]cc(-c4cncc(O[C@@H]5CCCNC5)n4)c3c2)cc1OC. The number of aromatic amines is 1. The monoisotopic (exact) mass is 430 g/mol. The van der Waals surface area contributed by atoms with Crippen LogP contribution in [0.15, 0.2) is 55.0 Å². The van der Waals surface area contributed by atoms with Gasteiger partial charge in [0, 0.05) is 29.2 Å². The van der Waals surface area contributed by atoms with E-state index in [1.807, 2.05) is 24.4 Å². The van der Waals surface area contributed by atoms with Gasteiger partial charge in [-0.05, 0) is 54.8 Å². The molecule has 0 aliphatic carbocycles. The standard InChI is InChI=1S/C25H26N4O3/c1-30-23-8-6-17(11-24(23)31-2)16-5-7-21-19(10-16)20(13-28-21)22-14-27-15-25(29-22)32-18-4-3-9-26-12-18/h5-8,10-11,13-15,18,26,28H,3-4,9,12H2,1-2H3/t18-/m1/s1. The molecule has 1 saturated heterocycles. The van der Waals surface area contributed by atoms with Crippen LogP contribution in [-0.2, 0) is 0 Å². The lowest BCUT2D eigenvalue weighted by atomic mass is 10.0. The summed E-state index contributed by atoms with van der Waals surface area (Å²) in [7, 11) is 3.28. The fourth-order valence-electron chi connectivity index (χ4n) is 4.15. The van der Waals surface area contributed by atoms with E-state index in [1.165, 1.54) is 0 Å². The summed E-state index contributed by atoms with van der Waals surface area (Å²) in [5.41, 5.74) is 4.93. The van der Waals surface area contributed by atoms with E-state index in [-0.39, 0.29) is 6.10 Å². The van der Waals surface area contributed by atoms with Crippen LogP contribution >= 0.6 is 0 Å². The lowest BCUT2D eigenvalue weighted by Crippen LogP contribution is -2.37. The summed E-state index contributed by atoms with van der Waals surface area (Å²) < 4.78 is 16.9. The van der Waals surface area contributed by atoms with E-state index in [4.69, 9.17) is 19.2 Å². The van der Waals surface area contributed by atoms with Crippen LogP contribution in [0.1, 0.15) is 12.8 Å². The van der Waals surface area contributed by atoms with Gasteiger partial charge in [0.2, 0.25) is 5.88 Å². The van der Waals surface area contributed by atoms with E-state index in [2.05, 4.69) is 33.5 Å². The summed E-state index contributed by atoms with van der Waals surface area (Å²) in [6.45, 7) is 1.89. The van der Waals surface area contributed by atoms with Crippen molar-refractivity contribution in [3.8, 4) is 39.8 Å². The zero-order chi connectivity index (χ0) is 21.9. The first kappa shape index (κ1) is 20.3. The number of fused-ring (bicyclic) bond motifs is 1. The molecule has 7 nitrogen and oxygen atoms in total. The number of aromatic nitrogens is 3. The van der Waals surface area contributed by atoms with Crippen LogP contribution < -0.4 is 19.5 Å². The molecule has 1 fully saturated rings. The van der Waals surface area contributed by atoms with Crippen molar-refractivity contribution in [2.75, 3.05) is 27.3 Å². The van der Waals surface area contributed by atoms with Gasteiger partial charge < -0.3 is 24.5 Å².